The van der Waals surface area contributed by atoms with Crippen molar-refractivity contribution < 1.29 is 0 Å². The van der Waals surface area contributed by atoms with Crippen molar-refractivity contribution in [3.63, 3.8) is 0 Å². The number of nitrogens with zero attached hydrogens (tertiary/aromatic N) is 2. The fourth-order valence-electron chi connectivity index (χ4n) is 2.08. The Hall–Kier alpha value is -1.71. The van der Waals surface area contributed by atoms with E-state index < -0.39 is 0 Å². The standard InChI is InChI=1S/C12H18N4/c1-4-16-9(2)5-11(10(16)3)6-13-12-7-14-15-8-12/h5,7-8,13H,4,6H2,1-3H3,(H,14,15). The molecule has 0 aliphatic heterocycles. The molecular formula is C12H18N4. The summed E-state index contributed by atoms with van der Waals surface area (Å²) in [6.45, 7) is 8.37. The third kappa shape index (κ3) is 1.96. The fourth-order valence-corrected chi connectivity index (χ4v) is 2.08. The smallest absolute Gasteiger partial charge is 0.0726 e. The molecule has 86 valence electrons. The monoisotopic (exact) mass is 218 g/mol. The van der Waals surface area contributed by atoms with Crippen molar-refractivity contribution in [2.45, 2.75) is 33.9 Å². The second-order valence-electron chi connectivity index (χ2n) is 3.98. The lowest BCUT2D eigenvalue weighted by Gasteiger charge is -2.06. The number of rotatable bonds is 4. The topological polar surface area (TPSA) is 45.6 Å². The zero-order valence-corrected chi connectivity index (χ0v) is 10.0. The molecule has 0 fully saturated rings. The Morgan fingerprint density at radius 2 is 2.25 bits per heavy atom. The first-order valence-corrected chi connectivity index (χ1v) is 5.60. The molecule has 0 aliphatic rings. The minimum absolute atomic E-state index is 0.846. The normalized spacial score (nSPS) is 10.7. The van der Waals surface area contributed by atoms with E-state index in [0.717, 1.165) is 18.8 Å². The first-order valence-electron chi connectivity index (χ1n) is 5.60. The van der Waals surface area contributed by atoms with Gasteiger partial charge in [-0.3, -0.25) is 5.10 Å². The molecule has 2 heterocycles. The molecule has 2 aromatic rings. The Morgan fingerprint density at radius 1 is 1.44 bits per heavy atom. The Bertz CT molecular complexity index is 454. The maximum Gasteiger partial charge on any atom is 0.0726 e. The predicted molar refractivity (Wildman–Crippen MR) is 65.5 cm³/mol. The third-order valence-corrected chi connectivity index (χ3v) is 2.98. The van der Waals surface area contributed by atoms with E-state index in [2.05, 4.69) is 46.9 Å². The molecule has 2 N–H and O–H groups in total. The van der Waals surface area contributed by atoms with Gasteiger partial charge in [-0.15, -0.1) is 0 Å². The summed E-state index contributed by atoms with van der Waals surface area (Å²) in [5.74, 6) is 0. The highest BCUT2D eigenvalue weighted by molar-refractivity contribution is 5.40. The molecule has 0 saturated carbocycles. The van der Waals surface area contributed by atoms with Crippen LogP contribution in [0, 0.1) is 13.8 Å². The highest BCUT2D eigenvalue weighted by atomic mass is 15.1. The van der Waals surface area contributed by atoms with Gasteiger partial charge in [-0.05, 0) is 32.4 Å². The van der Waals surface area contributed by atoms with Gasteiger partial charge in [0, 0.05) is 30.7 Å². The largest absolute Gasteiger partial charge is 0.378 e. The van der Waals surface area contributed by atoms with Crippen molar-refractivity contribution in [1.82, 2.24) is 14.8 Å². The molecule has 4 heteroatoms. The molecule has 0 radical (unpaired) electrons. The van der Waals surface area contributed by atoms with Gasteiger partial charge in [-0.1, -0.05) is 0 Å². The molecule has 16 heavy (non-hydrogen) atoms. The molecular weight excluding hydrogens is 200 g/mol. The Balaban J connectivity index is 2.10. The van der Waals surface area contributed by atoms with E-state index in [0.29, 0.717) is 0 Å². The van der Waals surface area contributed by atoms with E-state index in [1.807, 2.05) is 6.20 Å². The minimum Gasteiger partial charge on any atom is -0.378 e. The fraction of sp³-hybridized carbons (Fsp3) is 0.417. The van der Waals surface area contributed by atoms with Crippen LogP contribution in [-0.4, -0.2) is 14.8 Å². The van der Waals surface area contributed by atoms with Crippen molar-refractivity contribution in [3.05, 3.63) is 35.4 Å². The molecule has 0 spiro atoms. The Morgan fingerprint density at radius 3 is 2.81 bits per heavy atom. The number of hydrogen-bond donors (Lipinski definition) is 2. The zero-order valence-electron chi connectivity index (χ0n) is 10.0. The number of anilines is 1. The van der Waals surface area contributed by atoms with Crippen LogP contribution in [0.3, 0.4) is 0 Å². The van der Waals surface area contributed by atoms with Crippen LogP contribution >= 0.6 is 0 Å². The number of hydrogen-bond acceptors (Lipinski definition) is 2. The van der Waals surface area contributed by atoms with E-state index in [-0.39, 0.29) is 0 Å². The molecule has 0 amide bonds. The molecule has 2 rings (SSSR count). The zero-order chi connectivity index (χ0) is 11.5. The number of aromatic nitrogens is 3. The summed E-state index contributed by atoms with van der Waals surface area (Å²) < 4.78 is 2.33. The molecule has 0 saturated heterocycles. The molecule has 0 bridgehead atoms. The summed E-state index contributed by atoms with van der Waals surface area (Å²) in [7, 11) is 0. The van der Waals surface area contributed by atoms with Crippen LogP contribution in [0.1, 0.15) is 23.9 Å². The number of nitrogens with one attached hydrogen (secondary N) is 2. The van der Waals surface area contributed by atoms with Crippen LogP contribution in [0.15, 0.2) is 18.5 Å². The second kappa shape index (κ2) is 4.43. The van der Waals surface area contributed by atoms with Crippen molar-refractivity contribution in [2.24, 2.45) is 0 Å². The minimum atomic E-state index is 0.846. The van der Waals surface area contributed by atoms with Gasteiger partial charge in [0.1, 0.15) is 0 Å². The average Bonchev–Trinajstić information content (AvgIpc) is 2.85. The lowest BCUT2D eigenvalue weighted by molar-refractivity contribution is 0.715. The van der Waals surface area contributed by atoms with Gasteiger partial charge in [0.25, 0.3) is 0 Å². The Labute approximate surface area is 95.7 Å². The van der Waals surface area contributed by atoms with E-state index in [1.165, 1.54) is 17.0 Å². The number of H-pyrrole nitrogens is 1. The van der Waals surface area contributed by atoms with Gasteiger partial charge in [0.15, 0.2) is 0 Å². The molecule has 4 nitrogen and oxygen atoms in total. The van der Waals surface area contributed by atoms with E-state index in [1.54, 1.807) is 6.20 Å². The quantitative estimate of drug-likeness (QED) is 0.828. The van der Waals surface area contributed by atoms with Crippen LogP contribution in [-0.2, 0) is 13.1 Å². The molecule has 0 aromatic carbocycles. The molecule has 0 aliphatic carbocycles. The van der Waals surface area contributed by atoms with Gasteiger partial charge >= 0.3 is 0 Å². The molecule has 0 atom stereocenters. The Kier molecular flexibility index (Phi) is 2.99. The summed E-state index contributed by atoms with van der Waals surface area (Å²) in [4.78, 5) is 0. The predicted octanol–water partition coefficient (Wildman–Crippen LogP) is 2.46. The molecule has 2 aromatic heterocycles. The highest BCUT2D eigenvalue weighted by Gasteiger charge is 2.07. The maximum atomic E-state index is 3.90. The average molecular weight is 218 g/mol. The highest BCUT2D eigenvalue weighted by Crippen LogP contribution is 2.16. The van der Waals surface area contributed by atoms with E-state index >= 15 is 0 Å². The maximum absolute atomic E-state index is 3.90. The van der Waals surface area contributed by atoms with Gasteiger partial charge in [-0.2, -0.15) is 5.10 Å². The summed E-state index contributed by atoms with van der Waals surface area (Å²) in [5.41, 5.74) is 5.04. The summed E-state index contributed by atoms with van der Waals surface area (Å²) >= 11 is 0. The number of aryl methyl sites for hydroxylation is 1. The van der Waals surface area contributed by atoms with Crippen molar-refractivity contribution in [3.8, 4) is 0 Å². The summed E-state index contributed by atoms with van der Waals surface area (Å²) in [6, 6.07) is 2.24. The van der Waals surface area contributed by atoms with Crippen LogP contribution in [0.2, 0.25) is 0 Å². The van der Waals surface area contributed by atoms with E-state index in [9.17, 15) is 0 Å². The van der Waals surface area contributed by atoms with Gasteiger partial charge in [0.05, 0.1) is 11.9 Å². The van der Waals surface area contributed by atoms with Crippen molar-refractivity contribution >= 4 is 5.69 Å². The first kappa shape index (κ1) is 10.8. The van der Waals surface area contributed by atoms with Crippen molar-refractivity contribution in [2.75, 3.05) is 5.32 Å². The second-order valence-corrected chi connectivity index (χ2v) is 3.98. The van der Waals surface area contributed by atoms with Gasteiger partial charge < -0.3 is 9.88 Å². The van der Waals surface area contributed by atoms with Crippen molar-refractivity contribution in [1.29, 1.82) is 0 Å². The van der Waals surface area contributed by atoms with Crippen LogP contribution in [0.25, 0.3) is 0 Å². The SMILES string of the molecule is CCn1c(C)cc(CNc2cn[nH]c2)c1C. The summed E-state index contributed by atoms with van der Waals surface area (Å²) in [5, 5.41) is 10.0. The number of aromatic amines is 1. The lowest BCUT2D eigenvalue weighted by atomic mass is 10.2. The third-order valence-electron chi connectivity index (χ3n) is 2.98. The van der Waals surface area contributed by atoms with Gasteiger partial charge in [0.2, 0.25) is 0 Å². The van der Waals surface area contributed by atoms with Gasteiger partial charge in [-0.25, -0.2) is 0 Å². The van der Waals surface area contributed by atoms with E-state index in [4.69, 9.17) is 0 Å². The summed E-state index contributed by atoms with van der Waals surface area (Å²) in [6.07, 6.45) is 3.65. The van der Waals surface area contributed by atoms with Crippen LogP contribution in [0.4, 0.5) is 5.69 Å². The lowest BCUT2D eigenvalue weighted by Crippen LogP contribution is -2.02. The van der Waals surface area contributed by atoms with Crippen LogP contribution < -0.4 is 5.32 Å². The first-order chi connectivity index (χ1) is 7.72. The molecule has 0 unspecified atom stereocenters. The van der Waals surface area contributed by atoms with Crippen LogP contribution in [0.5, 0.6) is 0 Å².